The lowest BCUT2D eigenvalue weighted by molar-refractivity contribution is -0.137. The van der Waals surface area contributed by atoms with Gasteiger partial charge in [-0.1, -0.05) is 6.08 Å². The number of hydrogen-bond acceptors (Lipinski definition) is 2. The lowest BCUT2D eigenvalue weighted by atomic mass is 9.94. The van der Waals surface area contributed by atoms with Gasteiger partial charge in [0.05, 0.1) is 0 Å². The summed E-state index contributed by atoms with van der Waals surface area (Å²) in [4.78, 5) is 10.4. The summed E-state index contributed by atoms with van der Waals surface area (Å²) in [5.41, 5.74) is 6.32. The normalized spacial score (nSPS) is 20.6. The molecule has 0 amide bonds. The van der Waals surface area contributed by atoms with Gasteiger partial charge in [-0.2, -0.15) is 0 Å². The number of aliphatic carboxylic acids is 1. The molecule has 62 valence electrons. The topological polar surface area (TPSA) is 63.3 Å². The van der Waals surface area contributed by atoms with E-state index in [0.717, 1.165) is 31.3 Å². The van der Waals surface area contributed by atoms with E-state index in [1.165, 1.54) is 0 Å². The molecule has 0 aromatic carbocycles. The SMILES string of the molecule is N[C@H](C(=O)O)C1=CCCCC1. The quantitative estimate of drug-likeness (QED) is 0.582. The Morgan fingerprint density at radius 3 is 2.82 bits per heavy atom. The second-order valence-electron chi connectivity index (χ2n) is 2.84. The average Bonchev–Trinajstić information content (AvgIpc) is 2.05. The van der Waals surface area contributed by atoms with Crippen LogP contribution in [0.5, 0.6) is 0 Å². The molecule has 1 atom stereocenters. The fourth-order valence-electron chi connectivity index (χ4n) is 1.30. The maximum atomic E-state index is 10.4. The molecule has 3 heteroatoms. The predicted molar refractivity (Wildman–Crippen MR) is 42.2 cm³/mol. The fraction of sp³-hybridized carbons (Fsp3) is 0.625. The number of nitrogens with two attached hydrogens (primary N) is 1. The van der Waals surface area contributed by atoms with Gasteiger partial charge in [0.1, 0.15) is 6.04 Å². The summed E-state index contributed by atoms with van der Waals surface area (Å²) in [5, 5.41) is 8.57. The molecule has 0 spiro atoms. The van der Waals surface area contributed by atoms with Crippen LogP contribution in [0.2, 0.25) is 0 Å². The molecule has 0 bridgehead atoms. The van der Waals surface area contributed by atoms with Crippen molar-refractivity contribution < 1.29 is 9.90 Å². The predicted octanol–water partition coefficient (Wildman–Crippen LogP) is 0.899. The Balaban J connectivity index is 2.58. The highest BCUT2D eigenvalue weighted by molar-refractivity contribution is 5.77. The van der Waals surface area contributed by atoms with Crippen LogP contribution in [0.25, 0.3) is 0 Å². The summed E-state index contributed by atoms with van der Waals surface area (Å²) < 4.78 is 0. The Morgan fingerprint density at radius 1 is 1.64 bits per heavy atom. The van der Waals surface area contributed by atoms with E-state index in [4.69, 9.17) is 10.8 Å². The number of carboxylic acid groups (broad SMARTS) is 1. The highest BCUT2D eigenvalue weighted by Gasteiger charge is 2.17. The molecule has 0 aromatic heterocycles. The number of hydrogen-bond donors (Lipinski definition) is 2. The van der Waals surface area contributed by atoms with Gasteiger partial charge in [0.25, 0.3) is 0 Å². The van der Waals surface area contributed by atoms with E-state index < -0.39 is 12.0 Å². The summed E-state index contributed by atoms with van der Waals surface area (Å²) in [7, 11) is 0. The van der Waals surface area contributed by atoms with E-state index in [9.17, 15) is 4.79 Å². The Morgan fingerprint density at radius 2 is 2.36 bits per heavy atom. The van der Waals surface area contributed by atoms with Gasteiger partial charge in [-0.25, -0.2) is 0 Å². The third-order valence-corrected chi connectivity index (χ3v) is 1.99. The van der Waals surface area contributed by atoms with Crippen molar-refractivity contribution in [1.29, 1.82) is 0 Å². The van der Waals surface area contributed by atoms with E-state index in [1.54, 1.807) is 0 Å². The maximum Gasteiger partial charge on any atom is 0.324 e. The van der Waals surface area contributed by atoms with Gasteiger partial charge in [-0.05, 0) is 31.3 Å². The first kappa shape index (κ1) is 8.27. The third kappa shape index (κ3) is 2.05. The second-order valence-corrected chi connectivity index (χ2v) is 2.84. The first-order valence-electron chi connectivity index (χ1n) is 3.89. The Hall–Kier alpha value is -0.830. The lowest BCUT2D eigenvalue weighted by Crippen LogP contribution is -2.32. The molecule has 0 saturated carbocycles. The maximum absolute atomic E-state index is 10.4. The van der Waals surface area contributed by atoms with Crippen molar-refractivity contribution >= 4 is 5.97 Å². The van der Waals surface area contributed by atoms with Crippen LogP contribution in [0, 0.1) is 0 Å². The van der Waals surface area contributed by atoms with Crippen molar-refractivity contribution in [3.63, 3.8) is 0 Å². The van der Waals surface area contributed by atoms with E-state index in [1.807, 2.05) is 6.08 Å². The van der Waals surface area contributed by atoms with Gasteiger partial charge in [0.2, 0.25) is 0 Å². The molecule has 11 heavy (non-hydrogen) atoms. The van der Waals surface area contributed by atoms with Gasteiger partial charge in [-0.15, -0.1) is 0 Å². The Kier molecular flexibility index (Phi) is 2.65. The van der Waals surface area contributed by atoms with E-state index in [2.05, 4.69) is 0 Å². The summed E-state index contributed by atoms with van der Waals surface area (Å²) in [6.07, 6.45) is 6.04. The van der Waals surface area contributed by atoms with Gasteiger partial charge < -0.3 is 10.8 Å². The zero-order valence-corrected chi connectivity index (χ0v) is 6.42. The molecule has 1 rings (SSSR count). The largest absolute Gasteiger partial charge is 0.480 e. The van der Waals surface area contributed by atoms with Gasteiger partial charge in [0.15, 0.2) is 0 Å². The summed E-state index contributed by atoms with van der Waals surface area (Å²) in [6, 6.07) is -0.768. The molecule has 0 aromatic rings. The van der Waals surface area contributed by atoms with Crippen LogP contribution in [0.3, 0.4) is 0 Å². The summed E-state index contributed by atoms with van der Waals surface area (Å²) in [5.74, 6) is -0.918. The standard InChI is InChI=1S/C8H13NO2/c9-7(8(10)11)6-4-2-1-3-5-6/h4,7H,1-3,5,9H2,(H,10,11)/t7-/m0/s1. The van der Waals surface area contributed by atoms with Crippen LogP contribution < -0.4 is 5.73 Å². The first-order chi connectivity index (χ1) is 5.22. The van der Waals surface area contributed by atoms with Crippen molar-refractivity contribution in [1.82, 2.24) is 0 Å². The first-order valence-corrected chi connectivity index (χ1v) is 3.89. The third-order valence-electron chi connectivity index (χ3n) is 1.99. The van der Waals surface area contributed by atoms with Crippen LogP contribution in [-0.4, -0.2) is 17.1 Å². The van der Waals surface area contributed by atoms with Crippen molar-refractivity contribution in [2.24, 2.45) is 5.73 Å². The minimum Gasteiger partial charge on any atom is -0.480 e. The molecule has 3 N–H and O–H groups in total. The Bertz CT molecular complexity index is 187. The molecular formula is C8H13NO2. The van der Waals surface area contributed by atoms with Crippen LogP contribution in [0.15, 0.2) is 11.6 Å². The van der Waals surface area contributed by atoms with Crippen molar-refractivity contribution in [2.45, 2.75) is 31.7 Å². The van der Waals surface area contributed by atoms with Gasteiger partial charge in [-0.3, -0.25) is 4.79 Å². The van der Waals surface area contributed by atoms with Crippen LogP contribution in [0.4, 0.5) is 0 Å². The van der Waals surface area contributed by atoms with Gasteiger partial charge in [0, 0.05) is 0 Å². The van der Waals surface area contributed by atoms with Crippen molar-refractivity contribution in [3.05, 3.63) is 11.6 Å². The molecule has 0 radical (unpaired) electrons. The van der Waals surface area contributed by atoms with Crippen LogP contribution >= 0.6 is 0 Å². The van der Waals surface area contributed by atoms with E-state index in [-0.39, 0.29) is 0 Å². The van der Waals surface area contributed by atoms with Crippen LogP contribution in [-0.2, 0) is 4.79 Å². The molecule has 0 unspecified atom stereocenters. The van der Waals surface area contributed by atoms with Crippen molar-refractivity contribution in [3.8, 4) is 0 Å². The molecule has 0 heterocycles. The monoisotopic (exact) mass is 155 g/mol. The summed E-state index contributed by atoms with van der Waals surface area (Å²) >= 11 is 0. The van der Waals surface area contributed by atoms with E-state index in [0.29, 0.717) is 0 Å². The molecule has 1 aliphatic carbocycles. The molecule has 0 aliphatic heterocycles. The zero-order chi connectivity index (χ0) is 8.27. The number of rotatable bonds is 2. The number of allylic oxidation sites excluding steroid dienone is 1. The molecular weight excluding hydrogens is 142 g/mol. The van der Waals surface area contributed by atoms with Gasteiger partial charge >= 0.3 is 5.97 Å². The second kappa shape index (κ2) is 3.53. The molecule has 0 saturated heterocycles. The average molecular weight is 155 g/mol. The van der Waals surface area contributed by atoms with Crippen LogP contribution in [0.1, 0.15) is 25.7 Å². The highest BCUT2D eigenvalue weighted by atomic mass is 16.4. The molecule has 0 fully saturated rings. The number of carboxylic acids is 1. The fourth-order valence-corrected chi connectivity index (χ4v) is 1.30. The summed E-state index contributed by atoms with van der Waals surface area (Å²) in [6.45, 7) is 0. The molecule has 3 nitrogen and oxygen atoms in total. The minimum absolute atomic E-state index is 0.768. The highest BCUT2D eigenvalue weighted by Crippen LogP contribution is 2.19. The lowest BCUT2D eigenvalue weighted by Gasteiger charge is -2.15. The zero-order valence-electron chi connectivity index (χ0n) is 6.42. The Labute approximate surface area is 65.9 Å². The molecule has 1 aliphatic rings. The number of carbonyl (C=O) groups is 1. The van der Waals surface area contributed by atoms with E-state index >= 15 is 0 Å². The van der Waals surface area contributed by atoms with Crippen molar-refractivity contribution in [2.75, 3.05) is 0 Å². The minimum atomic E-state index is -0.918. The smallest absolute Gasteiger partial charge is 0.324 e.